The fourth-order valence-electron chi connectivity index (χ4n) is 1.22. The molecule has 0 bridgehead atoms. The van der Waals surface area contributed by atoms with Gasteiger partial charge in [0.25, 0.3) is 5.69 Å². The van der Waals surface area contributed by atoms with Gasteiger partial charge in [0.15, 0.2) is 4.90 Å². The average molecular weight is 259 g/mol. The van der Waals surface area contributed by atoms with Crippen molar-refractivity contribution in [2.24, 2.45) is 0 Å². The maximum atomic E-state index is 11.8. The predicted octanol–water partition coefficient (Wildman–Crippen LogP) is 0.0925. The van der Waals surface area contributed by atoms with Crippen molar-refractivity contribution in [3.8, 4) is 0 Å². The quantitative estimate of drug-likeness (QED) is 0.428. The predicted molar refractivity (Wildman–Crippen MR) is 62.2 cm³/mol. The molecule has 7 nitrogen and oxygen atoms in total. The van der Waals surface area contributed by atoms with Crippen LogP contribution in [-0.2, 0) is 10.0 Å². The molecule has 0 aliphatic rings. The molecule has 17 heavy (non-hydrogen) atoms. The number of benzene rings is 1. The number of para-hydroxylation sites is 1. The van der Waals surface area contributed by atoms with Crippen molar-refractivity contribution in [1.82, 2.24) is 10.0 Å². The van der Waals surface area contributed by atoms with E-state index in [1.807, 2.05) is 0 Å². The number of sulfonamides is 1. The van der Waals surface area contributed by atoms with E-state index in [-0.39, 0.29) is 11.4 Å². The molecule has 1 rings (SSSR count). The summed E-state index contributed by atoms with van der Waals surface area (Å²) >= 11 is 0. The third-order valence-corrected chi connectivity index (χ3v) is 3.53. The lowest BCUT2D eigenvalue weighted by atomic mass is 10.3. The number of nitrogens with zero attached hydrogens (tertiary/aromatic N) is 1. The summed E-state index contributed by atoms with van der Waals surface area (Å²) in [5.41, 5.74) is -0.426. The minimum absolute atomic E-state index is 0.172. The van der Waals surface area contributed by atoms with E-state index < -0.39 is 20.6 Å². The lowest BCUT2D eigenvalue weighted by Crippen LogP contribution is -2.30. The molecule has 0 amide bonds. The SMILES string of the molecule is CNCCNS(=O)(=O)c1ccccc1[N+](=O)[O-]. The van der Waals surface area contributed by atoms with Gasteiger partial charge in [-0.1, -0.05) is 12.1 Å². The molecular weight excluding hydrogens is 246 g/mol. The Bertz CT molecular complexity index is 501. The van der Waals surface area contributed by atoms with E-state index in [9.17, 15) is 18.5 Å². The van der Waals surface area contributed by atoms with E-state index in [0.717, 1.165) is 6.07 Å². The van der Waals surface area contributed by atoms with Gasteiger partial charge in [0, 0.05) is 19.2 Å². The van der Waals surface area contributed by atoms with Crippen molar-refractivity contribution in [2.45, 2.75) is 4.90 Å². The summed E-state index contributed by atoms with van der Waals surface area (Å²) in [7, 11) is -2.16. The first-order valence-electron chi connectivity index (χ1n) is 4.86. The average Bonchev–Trinajstić information content (AvgIpc) is 2.29. The Labute approximate surface area is 99.0 Å². The summed E-state index contributed by atoms with van der Waals surface area (Å²) in [5.74, 6) is 0. The Morgan fingerprint density at radius 3 is 2.53 bits per heavy atom. The molecule has 0 heterocycles. The van der Waals surface area contributed by atoms with E-state index >= 15 is 0 Å². The van der Waals surface area contributed by atoms with E-state index in [1.54, 1.807) is 7.05 Å². The first-order valence-corrected chi connectivity index (χ1v) is 6.35. The fraction of sp³-hybridized carbons (Fsp3) is 0.333. The molecule has 0 spiro atoms. The molecule has 0 saturated heterocycles. The number of hydrogen-bond donors (Lipinski definition) is 2. The van der Waals surface area contributed by atoms with Crippen LogP contribution in [0.25, 0.3) is 0 Å². The molecule has 0 aliphatic heterocycles. The summed E-state index contributed by atoms with van der Waals surface area (Å²) in [6, 6.07) is 5.23. The van der Waals surface area contributed by atoms with Crippen molar-refractivity contribution in [2.75, 3.05) is 20.1 Å². The first kappa shape index (κ1) is 13.6. The third kappa shape index (κ3) is 3.48. The maximum absolute atomic E-state index is 11.8. The molecule has 0 atom stereocenters. The number of hydrogen-bond acceptors (Lipinski definition) is 5. The Hall–Kier alpha value is -1.51. The van der Waals surface area contributed by atoms with Crippen LogP contribution in [0.5, 0.6) is 0 Å². The molecule has 0 fully saturated rings. The maximum Gasteiger partial charge on any atom is 0.289 e. The second-order valence-corrected chi connectivity index (χ2v) is 4.96. The fourth-order valence-corrected chi connectivity index (χ4v) is 2.43. The number of nitrogens with one attached hydrogen (secondary N) is 2. The molecule has 1 aromatic rings. The second kappa shape index (κ2) is 5.71. The number of nitro benzene ring substituents is 1. The van der Waals surface area contributed by atoms with E-state index in [1.165, 1.54) is 18.2 Å². The van der Waals surface area contributed by atoms with Crippen molar-refractivity contribution >= 4 is 15.7 Å². The van der Waals surface area contributed by atoms with Crippen molar-refractivity contribution < 1.29 is 13.3 Å². The number of rotatable bonds is 6. The van der Waals surface area contributed by atoms with Crippen LogP contribution in [0.1, 0.15) is 0 Å². The molecule has 0 saturated carbocycles. The van der Waals surface area contributed by atoms with Gasteiger partial charge in [-0.3, -0.25) is 10.1 Å². The topological polar surface area (TPSA) is 101 Å². The van der Waals surface area contributed by atoms with Gasteiger partial charge in [0.2, 0.25) is 10.0 Å². The molecule has 0 unspecified atom stereocenters. The highest BCUT2D eigenvalue weighted by Crippen LogP contribution is 2.22. The lowest BCUT2D eigenvalue weighted by molar-refractivity contribution is -0.387. The van der Waals surface area contributed by atoms with Gasteiger partial charge in [-0.2, -0.15) is 0 Å². The van der Waals surface area contributed by atoms with Crippen molar-refractivity contribution in [3.63, 3.8) is 0 Å². The van der Waals surface area contributed by atoms with Gasteiger partial charge in [-0.05, 0) is 13.1 Å². The van der Waals surface area contributed by atoms with Crippen molar-refractivity contribution in [1.29, 1.82) is 0 Å². The van der Waals surface area contributed by atoms with Gasteiger partial charge < -0.3 is 5.32 Å². The molecular formula is C9H13N3O4S. The smallest absolute Gasteiger partial charge is 0.289 e. The molecule has 2 N–H and O–H groups in total. The van der Waals surface area contributed by atoms with Gasteiger partial charge in [-0.15, -0.1) is 0 Å². The van der Waals surface area contributed by atoms with Crippen LogP contribution in [-0.4, -0.2) is 33.5 Å². The van der Waals surface area contributed by atoms with Crippen LogP contribution in [0.15, 0.2) is 29.2 Å². The van der Waals surface area contributed by atoms with Crippen LogP contribution in [0.4, 0.5) is 5.69 Å². The first-order chi connectivity index (χ1) is 7.99. The summed E-state index contributed by atoms with van der Waals surface area (Å²) in [6.07, 6.45) is 0. The van der Waals surface area contributed by atoms with Crippen LogP contribution < -0.4 is 10.0 Å². The molecule has 0 radical (unpaired) electrons. The van der Waals surface area contributed by atoms with E-state index in [0.29, 0.717) is 6.54 Å². The van der Waals surface area contributed by atoms with Crippen molar-refractivity contribution in [3.05, 3.63) is 34.4 Å². The minimum atomic E-state index is -3.84. The van der Waals surface area contributed by atoms with Crippen LogP contribution in [0.2, 0.25) is 0 Å². The van der Waals surface area contributed by atoms with E-state index in [4.69, 9.17) is 0 Å². The van der Waals surface area contributed by atoms with Crippen LogP contribution in [0, 0.1) is 10.1 Å². The highest BCUT2D eigenvalue weighted by molar-refractivity contribution is 7.89. The zero-order chi connectivity index (χ0) is 12.9. The van der Waals surface area contributed by atoms with Gasteiger partial charge in [-0.25, -0.2) is 13.1 Å². The Kier molecular flexibility index (Phi) is 4.55. The standard InChI is InChI=1S/C9H13N3O4S/c1-10-6-7-11-17(15,16)9-5-3-2-4-8(9)12(13)14/h2-5,10-11H,6-7H2,1H3. The minimum Gasteiger partial charge on any atom is -0.318 e. The van der Waals surface area contributed by atoms with Crippen LogP contribution >= 0.6 is 0 Å². The molecule has 94 valence electrons. The molecule has 0 aliphatic carbocycles. The molecule has 8 heteroatoms. The monoisotopic (exact) mass is 259 g/mol. The zero-order valence-corrected chi connectivity index (χ0v) is 10.0. The third-order valence-electron chi connectivity index (χ3n) is 2.02. The van der Waals surface area contributed by atoms with Gasteiger partial charge >= 0.3 is 0 Å². The second-order valence-electron chi connectivity index (χ2n) is 3.23. The number of nitro groups is 1. The van der Waals surface area contributed by atoms with Gasteiger partial charge in [0.05, 0.1) is 4.92 Å². The lowest BCUT2D eigenvalue weighted by Gasteiger charge is -2.06. The van der Waals surface area contributed by atoms with E-state index in [2.05, 4.69) is 10.0 Å². The zero-order valence-electron chi connectivity index (χ0n) is 9.21. The summed E-state index contributed by atoms with van der Waals surface area (Å²) in [4.78, 5) is 9.67. The molecule has 0 aromatic heterocycles. The highest BCUT2D eigenvalue weighted by atomic mass is 32.2. The normalized spacial score (nSPS) is 11.4. The van der Waals surface area contributed by atoms with Crippen LogP contribution in [0.3, 0.4) is 0 Å². The van der Waals surface area contributed by atoms with Gasteiger partial charge in [0.1, 0.15) is 0 Å². The Balaban J connectivity index is 3.02. The Morgan fingerprint density at radius 2 is 1.94 bits per heavy atom. The molecule has 1 aromatic carbocycles. The highest BCUT2D eigenvalue weighted by Gasteiger charge is 2.24. The Morgan fingerprint density at radius 1 is 1.29 bits per heavy atom. The summed E-state index contributed by atoms with van der Waals surface area (Å²) < 4.78 is 25.9. The largest absolute Gasteiger partial charge is 0.318 e. The number of likely N-dealkylation sites (N-methyl/N-ethyl adjacent to an activating group) is 1. The summed E-state index contributed by atoms with van der Waals surface area (Å²) in [5, 5.41) is 13.5. The summed E-state index contributed by atoms with van der Waals surface area (Å²) in [6.45, 7) is 0.616.